The molecule has 1 atom stereocenters. The first-order valence-corrected chi connectivity index (χ1v) is 6.70. The van der Waals surface area contributed by atoms with Crippen LogP contribution in [-0.2, 0) is 0 Å². The van der Waals surface area contributed by atoms with Gasteiger partial charge >= 0.3 is 0 Å². The SMILES string of the molecule is CCCNC(C)/C(C)=C/c1ccc(Br)c(F)c1. The lowest BCUT2D eigenvalue weighted by Crippen LogP contribution is -2.27. The minimum atomic E-state index is -0.222. The van der Waals surface area contributed by atoms with Gasteiger partial charge in [-0.25, -0.2) is 4.39 Å². The van der Waals surface area contributed by atoms with E-state index in [9.17, 15) is 4.39 Å². The van der Waals surface area contributed by atoms with Crippen LogP contribution in [0.15, 0.2) is 28.2 Å². The van der Waals surface area contributed by atoms with Gasteiger partial charge in [0.25, 0.3) is 0 Å². The Labute approximate surface area is 111 Å². The predicted octanol–water partition coefficient (Wildman–Crippen LogP) is 4.38. The van der Waals surface area contributed by atoms with Crippen molar-refractivity contribution < 1.29 is 4.39 Å². The molecular formula is C14H19BrFN. The van der Waals surface area contributed by atoms with Crippen LogP contribution < -0.4 is 5.32 Å². The highest BCUT2D eigenvalue weighted by Crippen LogP contribution is 2.18. The lowest BCUT2D eigenvalue weighted by molar-refractivity contribution is 0.604. The first-order valence-electron chi connectivity index (χ1n) is 5.91. The Morgan fingerprint density at radius 1 is 1.53 bits per heavy atom. The van der Waals surface area contributed by atoms with Gasteiger partial charge in [-0.15, -0.1) is 0 Å². The molecular weight excluding hydrogens is 281 g/mol. The molecule has 1 unspecified atom stereocenters. The summed E-state index contributed by atoms with van der Waals surface area (Å²) in [5.74, 6) is -0.222. The van der Waals surface area contributed by atoms with E-state index in [1.165, 1.54) is 5.57 Å². The summed E-state index contributed by atoms with van der Waals surface area (Å²) in [7, 11) is 0. The van der Waals surface area contributed by atoms with Crippen molar-refractivity contribution in [3.63, 3.8) is 0 Å². The highest BCUT2D eigenvalue weighted by atomic mass is 79.9. The molecule has 0 aliphatic rings. The molecule has 0 bridgehead atoms. The Kier molecular flexibility index (Phi) is 5.86. The largest absolute Gasteiger partial charge is 0.311 e. The van der Waals surface area contributed by atoms with Crippen molar-refractivity contribution in [3.05, 3.63) is 39.6 Å². The van der Waals surface area contributed by atoms with Crippen LogP contribution in [0.2, 0.25) is 0 Å². The first kappa shape index (κ1) is 14.4. The van der Waals surface area contributed by atoms with Crippen molar-refractivity contribution in [1.82, 2.24) is 5.32 Å². The van der Waals surface area contributed by atoms with Crippen LogP contribution in [0.1, 0.15) is 32.8 Å². The second-order valence-electron chi connectivity index (χ2n) is 4.24. The number of benzene rings is 1. The Balaban J connectivity index is 2.76. The molecule has 0 spiro atoms. The van der Waals surface area contributed by atoms with Crippen molar-refractivity contribution >= 4 is 22.0 Å². The normalized spacial score (nSPS) is 13.8. The number of halogens is 2. The molecule has 94 valence electrons. The lowest BCUT2D eigenvalue weighted by Gasteiger charge is -2.14. The zero-order chi connectivity index (χ0) is 12.8. The molecule has 0 heterocycles. The van der Waals surface area contributed by atoms with E-state index in [0.717, 1.165) is 18.5 Å². The van der Waals surface area contributed by atoms with E-state index in [0.29, 0.717) is 10.5 Å². The molecule has 1 rings (SSSR count). The highest BCUT2D eigenvalue weighted by Gasteiger charge is 2.04. The van der Waals surface area contributed by atoms with Gasteiger partial charge in [0.05, 0.1) is 4.47 Å². The molecule has 0 saturated heterocycles. The Morgan fingerprint density at radius 2 is 2.24 bits per heavy atom. The third-order valence-corrected chi connectivity index (χ3v) is 3.36. The van der Waals surface area contributed by atoms with E-state index in [2.05, 4.69) is 42.0 Å². The maximum Gasteiger partial charge on any atom is 0.137 e. The predicted molar refractivity (Wildman–Crippen MR) is 75.5 cm³/mol. The van der Waals surface area contributed by atoms with Crippen LogP contribution in [-0.4, -0.2) is 12.6 Å². The average Bonchev–Trinajstić information content (AvgIpc) is 2.30. The maximum atomic E-state index is 13.3. The summed E-state index contributed by atoms with van der Waals surface area (Å²) in [6, 6.07) is 5.50. The maximum absolute atomic E-state index is 13.3. The van der Waals surface area contributed by atoms with Gasteiger partial charge in [0.1, 0.15) is 5.82 Å². The van der Waals surface area contributed by atoms with Crippen molar-refractivity contribution in [2.24, 2.45) is 0 Å². The van der Waals surface area contributed by atoms with Crippen LogP contribution in [0.3, 0.4) is 0 Å². The molecule has 1 N–H and O–H groups in total. The van der Waals surface area contributed by atoms with Crippen molar-refractivity contribution in [1.29, 1.82) is 0 Å². The average molecular weight is 300 g/mol. The van der Waals surface area contributed by atoms with Crippen molar-refractivity contribution in [2.45, 2.75) is 33.2 Å². The fourth-order valence-corrected chi connectivity index (χ4v) is 1.76. The van der Waals surface area contributed by atoms with Crippen LogP contribution in [0, 0.1) is 5.82 Å². The Morgan fingerprint density at radius 3 is 2.82 bits per heavy atom. The van der Waals surface area contributed by atoms with Crippen LogP contribution in [0.4, 0.5) is 4.39 Å². The monoisotopic (exact) mass is 299 g/mol. The van der Waals surface area contributed by atoms with Crippen molar-refractivity contribution in [2.75, 3.05) is 6.54 Å². The fraction of sp³-hybridized carbons (Fsp3) is 0.429. The summed E-state index contributed by atoms with van der Waals surface area (Å²) in [6.07, 6.45) is 3.13. The second-order valence-corrected chi connectivity index (χ2v) is 5.09. The minimum absolute atomic E-state index is 0.222. The lowest BCUT2D eigenvalue weighted by atomic mass is 10.1. The Bertz CT molecular complexity index is 401. The second kappa shape index (κ2) is 6.92. The van der Waals surface area contributed by atoms with Crippen LogP contribution in [0.5, 0.6) is 0 Å². The molecule has 1 aromatic carbocycles. The summed E-state index contributed by atoms with van der Waals surface area (Å²) >= 11 is 3.15. The van der Waals surface area contributed by atoms with Crippen LogP contribution >= 0.6 is 15.9 Å². The molecule has 1 nitrogen and oxygen atoms in total. The first-order chi connectivity index (χ1) is 8.04. The van der Waals surface area contributed by atoms with Gasteiger partial charge in [-0.1, -0.05) is 24.6 Å². The van der Waals surface area contributed by atoms with Gasteiger partial charge in [-0.3, -0.25) is 0 Å². The van der Waals surface area contributed by atoms with E-state index < -0.39 is 0 Å². The highest BCUT2D eigenvalue weighted by molar-refractivity contribution is 9.10. The summed E-state index contributed by atoms with van der Waals surface area (Å²) in [5.41, 5.74) is 2.11. The standard InChI is InChI=1S/C14H19BrFN/c1-4-7-17-11(3)10(2)8-12-5-6-13(15)14(16)9-12/h5-6,8-9,11,17H,4,7H2,1-3H3/b10-8+. The molecule has 17 heavy (non-hydrogen) atoms. The van der Waals surface area contributed by atoms with Gasteiger partial charge in [-0.05, 0) is 60.4 Å². The summed E-state index contributed by atoms with van der Waals surface area (Å²) < 4.78 is 13.8. The van der Waals surface area contributed by atoms with E-state index in [4.69, 9.17) is 0 Å². The van der Waals surface area contributed by atoms with E-state index >= 15 is 0 Å². The molecule has 0 aromatic heterocycles. The summed E-state index contributed by atoms with van der Waals surface area (Å²) in [4.78, 5) is 0. The van der Waals surface area contributed by atoms with Gasteiger partial charge in [-0.2, -0.15) is 0 Å². The van der Waals surface area contributed by atoms with Crippen molar-refractivity contribution in [3.8, 4) is 0 Å². The number of nitrogens with one attached hydrogen (secondary N) is 1. The third kappa shape index (κ3) is 4.60. The van der Waals surface area contributed by atoms with Crippen LogP contribution in [0.25, 0.3) is 6.08 Å². The number of hydrogen-bond acceptors (Lipinski definition) is 1. The zero-order valence-electron chi connectivity index (χ0n) is 10.6. The van der Waals surface area contributed by atoms with E-state index in [-0.39, 0.29) is 5.82 Å². The summed E-state index contributed by atoms with van der Waals surface area (Å²) in [5, 5.41) is 3.41. The molecule has 0 radical (unpaired) electrons. The zero-order valence-corrected chi connectivity index (χ0v) is 12.1. The molecule has 0 aliphatic carbocycles. The van der Waals surface area contributed by atoms with Gasteiger partial charge in [0, 0.05) is 6.04 Å². The Hall–Kier alpha value is -0.670. The molecule has 3 heteroatoms. The molecule has 0 aliphatic heterocycles. The van der Waals surface area contributed by atoms with Gasteiger partial charge < -0.3 is 5.32 Å². The summed E-state index contributed by atoms with van der Waals surface area (Å²) in [6.45, 7) is 7.33. The number of rotatable bonds is 5. The molecule has 1 aromatic rings. The van der Waals surface area contributed by atoms with E-state index in [1.54, 1.807) is 12.1 Å². The molecule has 0 fully saturated rings. The smallest absolute Gasteiger partial charge is 0.137 e. The van der Waals surface area contributed by atoms with Gasteiger partial charge in [0.2, 0.25) is 0 Å². The molecule has 0 saturated carbocycles. The quantitative estimate of drug-likeness (QED) is 0.851. The van der Waals surface area contributed by atoms with Gasteiger partial charge in [0.15, 0.2) is 0 Å². The molecule has 0 amide bonds. The number of hydrogen-bond donors (Lipinski definition) is 1. The minimum Gasteiger partial charge on any atom is -0.311 e. The fourth-order valence-electron chi connectivity index (χ4n) is 1.51. The third-order valence-electron chi connectivity index (χ3n) is 2.72. The topological polar surface area (TPSA) is 12.0 Å². The van der Waals surface area contributed by atoms with E-state index in [1.807, 2.05) is 12.1 Å².